The summed E-state index contributed by atoms with van der Waals surface area (Å²) < 4.78 is 5.45. The number of ether oxygens (including phenoxy) is 1. The van der Waals surface area contributed by atoms with Crippen LogP contribution in [0.2, 0.25) is 0 Å². The van der Waals surface area contributed by atoms with Gasteiger partial charge < -0.3 is 9.64 Å². The zero-order valence-electron chi connectivity index (χ0n) is 14.8. The van der Waals surface area contributed by atoms with Crippen molar-refractivity contribution in [2.45, 2.75) is 45.8 Å². The van der Waals surface area contributed by atoms with Crippen molar-refractivity contribution in [3.8, 4) is 0 Å². The Bertz CT molecular complexity index is 515. The number of rotatable bonds is 4. The highest BCUT2D eigenvalue weighted by Crippen LogP contribution is 2.23. The van der Waals surface area contributed by atoms with Gasteiger partial charge in [0.2, 0.25) is 0 Å². The Hall–Kier alpha value is -1.69. The Morgan fingerprint density at radius 1 is 1.48 bits per heavy atom. The smallest absolute Gasteiger partial charge is 0.410 e. The van der Waals surface area contributed by atoms with E-state index in [0.717, 1.165) is 31.7 Å². The van der Waals surface area contributed by atoms with Crippen LogP contribution < -0.4 is 0 Å². The topological polar surface area (TPSA) is 58.6 Å². The van der Waals surface area contributed by atoms with Crippen molar-refractivity contribution in [2.24, 2.45) is 5.92 Å². The van der Waals surface area contributed by atoms with Crippen LogP contribution in [0.4, 0.5) is 4.79 Å². The molecule has 0 aromatic carbocycles. The molecule has 1 aliphatic rings. The summed E-state index contributed by atoms with van der Waals surface area (Å²) in [6, 6.07) is 0.208. The molecule has 2 heterocycles. The minimum absolute atomic E-state index is 0.204. The third-order valence-electron chi connectivity index (χ3n) is 4.16. The molecule has 1 aromatic rings. The highest BCUT2D eigenvalue weighted by Gasteiger charge is 2.31. The first kappa shape index (κ1) is 17.7. The fraction of sp³-hybridized carbons (Fsp3) is 0.706. The van der Waals surface area contributed by atoms with Crippen LogP contribution in [0.5, 0.6) is 0 Å². The molecule has 0 bridgehead atoms. The van der Waals surface area contributed by atoms with Gasteiger partial charge in [-0.3, -0.25) is 14.9 Å². The molecular weight excluding hydrogens is 292 g/mol. The summed E-state index contributed by atoms with van der Waals surface area (Å²) in [7, 11) is 2.09. The van der Waals surface area contributed by atoms with Gasteiger partial charge in [-0.05, 0) is 47.1 Å². The molecule has 1 aromatic heterocycles. The molecule has 0 aliphatic carbocycles. The van der Waals surface area contributed by atoms with Gasteiger partial charge in [0.05, 0.1) is 11.7 Å². The molecule has 0 spiro atoms. The molecule has 23 heavy (non-hydrogen) atoms. The van der Waals surface area contributed by atoms with Gasteiger partial charge in [-0.25, -0.2) is 4.79 Å². The molecule has 1 aliphatic heterocycles. The summed E-state index contributed by atoms with van der Waals surface area (Å²) in [5.74, 6) is 0.464. The van der Waals surface area contributed by atoms with Crippen molar-refractivity contribution in [2.75, 3.05) is 26.7 Å². The van der Waals surface area contributed by atoms with Crippen molar-refractivity contribution in [1.82, 2.24) is 19.8 Å². The van der Waals surface area contributed by atoms with Gasteiger partial charge in [0.15, 0.2) is 0 Å². The summed E-state index contributed by atoms with van der Waals surface area (Å²) in [5, 5.41) is 0. The van der Waals surface area contributed by atoms with Crippen molar-refractivity contribution >= 4 is 6.09 Å². The van der Waals surface area contributed by atoms with E-state index >= 15 is 0 Å². The lowest BCUT2D eigenvalue weighted by Gasteiger charge is -2.27. The zero-order valence-corrected chi connectivity index (χ0v) is 14.8. The molecule has 0 saturated carbocycles. The average molecular weight is 320 g/mol. The highest BCUT2D eigenvalue weighted by molar-refractivity contribution is 5.68. The van der Waals surface area contributed by atoms with E-state index in [9.17, 15) is 4.79 Å². The summed E-state index contributed by atoms with van der Waals surface area (Å²) >= 11 is 0. The van der Waals surface area contributed by atoms with Crippen LogP contribution in [0, 0.1) is 5.92 Å². The Labute approximate surface area is 138 Å². The predicted octanol–water partition coefficient (Wildman–Crippen LogP) is 2.73. The largest absolute Gasteiger partial charge is 0.444 e. The molecule has 0 radical (unpaired) electrons. The molecule has 0 N–H and O–H groups in total. The quantitative estimate of drug-likeness (QED) is 0.854. The van der Waals surface area contributed by atoms with E-state index < -0.39 is 5.60 Å². The Morgan fingerprint density at radius 3 is 2.83 bits per heavy atom. The number of aromatic nitrogens is 2. The summed E-state index contributed by atoms with van der Waals surface area (Å²) in [4.78, 5) is 24.7. The minimum Gasteiger partial charge on any atom is -0.444 e. The van der Waals surface area contributed by atoms with Crippen LogP contribution >= 0.6 is 0 Å². The Kier molecular flexibility index (Phi) is 5.57. The lowest BCUT2D eigenvalue weighted by Crippen LogP contribution is -2.36. The van der Waals surface area contributed by atoms with Crippen molar-refractivity contribution in [3.63, 3.8) is 0 Å². The van der Waals surface area contributed by atoms with Crippen LogP contribution in [0.25, 0.3) is 0 Å². The third kappa shape index (κ3) is 5.16. The lowest BCUT2D eigenvalue weighted by molar-refractivity contribution is 0.0285. The lowest BCUT2D eigenvalue weighted by atomic mass is 10.1. The van der Waals surface area contributed by atoms with Gasteiger partial charge in [0, 0.05) is 38.2 Å². The van der Waals surface area contributed by atoms with Gasteiger partial charge in [-0.2, -0.15) is 0 Å². The van der Waals surface area contributed by atoms with E-state index in [1.165, 1.54) is 0 Å². The van der Waals surface area contributed by atoms with E-state index in [1.54, 1.807) is 12.4 Å². The molecular formula is C17H28N4O2. The number of carbonyl (C=O) groups is 1. The molecule has 128 valence electrons. The highest BCUT2D eigenvalue weighted by atomic mass is 16.6. The normalized spacial score (nSPS) is 19.9. The molecule has 1 fully saturated rings. The standard InChI is InChI=1S/C17H28N4O2/c1-13(15-10-18-7-8-19-15)20(5)11-14-6-9-21(12-14)16(22)23-17(2,3)4/h7-8,10,13-14H,6,9,11-12H2,1-5H3/t13-,14-/m0/s1. The fourth-order valence-electron chi connectivity index (χ4n) is 2.79. The van der Waals surface area contributed by atoms with E-state index in [1.807, 2.05) is 31.9 Å². The van der Waals surface area contributed by atoms with E-state index in [0.29, 0.717) is 5.92 Å². The van der Waals surface area contributed by atoms with Crippen LogP contribution in [0.15, 0.2) is 18.6 Å². The number of carbonyl (C=O) groups excluding carboxylic acids is 1. The van der Waals surface area contributed by atoms with Crippen LogP contribution in [-0.4, -0.2) is 58.1 Å². The van der Waals surface area contributed by atoms with Gasteiger partial charge in [0.1, 0.15) is 5.60 Å². The van der Waals surface area contributed by atoms with Gasteiger partial charge in [-0.15, -0.1) is 0 Å². The SMILES string of the molecule is C[C@@H](c1cnccn1)N(C)C[C@@H]1CCN(C(=O)OC(C)(C)C)C1. The maximum Gasteiger partial charge on any atom is 0.410 e. The Morgan fingerprint density at radius 2 is 2.22 bits per heavy atom. The molecule has 2 atom stereocenters. The monoisotopic (exact) mass is 320 g/mol. The molecule has 0 unspecified atom stereocenters. The second-order valence-electron chi connectivity index (χ2n) is 7.33. The summed E-state index contributed by atoms with van der Waals surface area (Å²) in [6.07, 6.45) is 6.02. The summed E-state index contributed by atoms with van der Waals surface area (Å²) in [6.45, 7) is 10.3. The van der Waals surface area contributed by atoms with Gasteiger partial charge in [-0.1, -0.05) is 0 Å². The Balaban J connectivity index is 1.84. The molecule has 1 amide bonds. The first-order valence-corrected chi connectivity index (χ1v) is 8.20. The summed E-state index contributed by atoms with van der Waals surface area (Å²) in [5.41, 5.74) is 0.531. The first-order chi connectivity index (χ1) is 10.8. The van der Waals surface area contributed by atoms with Gasteiger partial charge >= 0.3 is 6.09 Å². The number of amides is 1. The number of hydrogen-bond donors (Lipinski definition) is 0. The van der Waals surface area contributed by atoms with Crippen molar-refractivity contribution in [3.05, 3.63) is 24.3 Å². The number of hydrogen-bond acceptors (Lipinski definition) is 5. The molecule has 6 heteroatoms. The predicted molar refractivity (Wildman–Crippen MR) is 89.0 cm³/mol. The zero-order chi connectivity index (χ0) is 17.0. The van der Waals surface area contributed by atoms with Crippen molar-refractivity contribution < 1.29 is 9.53 Å². The average Bonchev–Trinajstić information content (AvgIpc) is 2.94. The first-order valence-electron chi connectivity index (χ1n) is 8.20. The minimum atomic E-state index is -0.438. The van der Waals surface area contributed by atoms with E-state index in [4.69, 9.17) is 4.74 Å². The van der Waals surface area contributed by atoms with E-state index in [2.05, 4.69) is 28.8 Å². The second kappa shape index (κ2) is 7.25. The van der Waals surface area contributed by atoms with Crippen LogP contribution in [-0.2, 0) is 4.74 Å². The van der Waals surface area contributed by atoms with Crippen LogP contribution in [0.3, 0.4) is 0 Å². The second-order valence-corrected chi connectivity index (χ2v) is 7.33. The van der Waals surface area contributed by atoms with Gasteiger partial charge in [0.25, 0.3) is 0 Å². The van der Waals surface area contributed by atoms with Crippen molar-refractivity contribution in [1.29, 1.82) is 0 Å². The van der Waals surface area contributed by atoms with Crippen LogP contribution in [0.1, 0.15) is 45.9 Å². The van der Waals surface area contributed by atoms with E-state index in [-0.39, 0.29) is 12.1 Å². The third-order valence-corrected chi connectivity index (χ3v) is 4.16. The fourth-order valence-corrected chi connectivity index (χ4v) is 2.79. The number of likely N-dealkylation sites (tertiary alicyclic amines) is 1. The molecule has 1 saturated heterocycles. The maximum absolute atomic E-state index is 12.1. The maximum atomic E-state index is 12.1. The molecule has 6 nitrogen and oxygen atoms in total. The number of nitrogens with zero attached hydrogens (tertiary/aromatic N) is 4. The molecule has 2 rings (SSSR count).